The highest BCUT2D eigenvalue weighted by atomic mass is 35.5. The van der Waals surface area contributed by atoms with Crippen molar-refractivity contribution in [3.05, 3.63) is 64.6 Å². The van der Waals surface area contributed by atoms with E-state index in [1.165, 1.54) is 11.3 Å². The number of anilines is 2. The van der Waals surface area contributed by atoms with Crippen molar-refractivity contribution < 1.29 is 14.6 Å². The van der Waals surface area contributed by atoms with Crippen molar-refractivity contribution in [2.75, 3.05) is 5.32 Å². The van der Waals surface area contributed by atoms with Crippen LogP contribution >= 0.6 is 22.9 Å². The zero-order valence-corrected chi connectivity index (χ0v) is 14.0. The Kier molecular flexibility index (Phi) is 4.98. The van der Waals surface area contributed by atoms with Crippen LogP contribution in [0, 0.1) is 0 Å². The number of hydrogen-bond donors (Lipinski definition) is 2. The number of halogens is 1. The normalized spacial score (nSPS) is 10.4. The number of hydrogen-bond acceptors (Lipinski definition) is 5. The molecule has 1 heterocycles. The Morgan fingerprint density at radius 2 is 1.75 bits per heavy atom. The Hall–Kier alpha value is -2.57. The van der Waals surface area contributed by atoms with E-state index < -0.39 is 5.97 Å². The Labute approximate surface area is 147 Å². The molecule has 122 valence electrons. The number of ether oxygens (including phenoxy) is 1. The Balaban J connectivity index is 1.62. The van der Waals surface area contributed by atoms with Crippen molar-refractivity contribution in [3.63, 3.8) is 0 Å². The molecule has 7 heteroatoms. The van der Waals surface area contributed by atoms with Gasteiger partial charge in [0.1, 0.15) is 11.5 Å². The van der Waals surface area contributed by atoms with E-state index in [9.17, 15) is 4.79 Å². The van der Waals surface area contributed by atoms with E-state index >= 15 is 0 Å². The molecule has 0 aliphatic heterocycles. The molecule has 1 aromatic heterocycles. The molecule has 0 aliphatic carbocycles. The van der Waals surface area contributed by atoms with E-state index in [0.717, 1.165) is 5.69 Å². The minimum atomic E-state index is -0.893. The molecule has 2 aromatic carbocycles. The molecule has 0 aliphatic rings. The molecule has 0 fully saturated rings. The molecule has 2 N–H and O–H groups in total. The first-order valence-electron chi connectivity index (χ1n) is 7.05. The number of benzene rings is 2. The van der Waals surface area contributed by atoms with Crippen LogP contribution in [-0.4, -0.2) is 16.1 Å². The number of rotatable bonds is 6. The smallest absolute Gasteiger partial charge is 0.309 e. The second kappa shape index (κ2) is 7.33. The van der Waals surface area contributed by atoms with E-state index in [2.05, 4.69) is 10.3 Å². The molecule has 0 unspecified atom stereocenters. The van der Waals surface area contributed by atoms with Crippen LogP contribution in [0.25, 0.3) is 0 Å². The molecular weight excluding hydrogens is 348 g/mol. The van der Waals surface area contributed by atoms with Crippen LogP contribution in [0.15, 0.2) is 53.9 Å². The van der Waals surface area contributed by atoms with E-state index in [4.69, 9.17) is 21.4 Å². The molecule has 0 atom stereocenters. The number of carbonyl (C=O) groups is 1. The second-order valence-corrected chi connectivity index (χ2v) is 6.21. The number of carboxylic acids is 1. The lowest BCUT2D eigenvalue weighted by Crippen LogP contribution is -2.00. The summed E-state index contributed by atoms with van der Waals surface area (Å²) in [5.74, 6) is 0.516. The van der Waals surface area contributed by atoms with Crippen LogP contribution in [0.1, 0.15) is 5.69 Å². The van der Waals surface area contributed by atoms with Gasteiger partial charge in [-0.25, -0.2) is 4.98 Å². The highest BCUT2D eigenvalue weighted by molar-refractivity contribution is 7.13. The fourth-order valence-corrected chi connectivity index (χ4v) is 2.83. The Bertz CT molecular complexity index is 832. The molecule has 24 heavy (non-hydrogen) atoms. The maximum Gasteiger partial charge on any atom is 0.309 e. The number of carboxylic acid groups (broad SMARTS) is 1. The Morgan fingerprint density at radius 1 is 1.12 bits per heavy atom. The number of aromatic nitrogens is 1. The molecule has 0 bridgehead atoms. The van der Waals surface area contributed by atoms with Crippen LogP contribution in [-0.2, 0) is 11.2 Å². The van der Waals surface area contributed by atoms with Gasteiger partial charge < -0.3 is 15.2 Å². The predicted molar refractivity (Wildman–Crippen MR) is 94.7 cm³/mol. The van der Waals surface area contributed by atoms with Crippen LogP contribution in [0.2, 0.25) is 5.02 Å². The predicted octanol–water partition coefficient (Wildman–Crippen LogP) is 4.96. The highest BCUT2D eigenvalue weighted by Crippen LogP contribution is 2.26. The zero-order chi connectivity index (χ0) is 16.9. The largest absolute Gasteiger partial charge is 0.481 e. The molecule has 3 rings (SSSR count). The highest BCUT2D eigenvalue weighted by Gasteiger charge is 2.06. The van der Waals surface area contributed by atoms with Gasteiger partial charge >= 0.3 is 5.97 Å². The summed E-state index contributed by atoms with van der Waals surface area (Å²) >= 11 is 7.21. The fourth-order valence-electron chi connectivity index (χ4n) is 1.97. The molecule has 0 radical (unpaired) electrons. The van der Waals surface area contributed by atoms with Gasteiger partial charge in [0.2, 0.25) is 0 Å². The summed E-state index contributed by atoms with van der Waals surface area (Å²) in [6.45, 7) is 0. The van der Waals surface area contributed by atoms with Crippen LogP contribution in [0.4, 0.5) is 10.8 Å². The van der Waals surface area contributed by atoms with Gasteiger partial charge in [-0.05, 0) is 48.5 Å². The summed E-state index contributed by atoms with van der Waals surface area (Å²) in [5.41, 5.74) is 1.38. The zero-order valence-electron chi connectivity index (χ0n) is 12.4. The van der Waals surface area contributed by atoms with Crippen molar-refractivity contribution in [3.8, 4) is 11.5 Å². The van der Waals surface area contributed by atoms with Crippen molar-refractivity contribution in [1.29, 1.82) is 0 Å². The SMILES string of the molecule is O=C(O)Cc1csc(Nc2ccc(Oc3ccc(Cl)cc3)cc2)n1. The minimum absolute atomic E-state index is 0.0773. The maximum absolute atomic E-state index is 10.7. The van der Waals surface area contributed by atoms with Crippen LogP contribution in [0.3, 0.4) is 0 Å². The number of nitrogens with zero attached hydrogens (tertiary/aromatic N) is 1. The van der Waals surface area contributed by atoms with Crippen LogP contribution in [0.5, 0.6) is 11.5 Å². The van der Waals surface area contributed by atoms with Crippen molar-refractivity contribution in [1.82, 2.24) is 4.98 Å². The molecule has 5 nitrogen and oxygen atoms in total. The third-order valence-corrected chi connectivity index (χ3v) is 4.10. The molecule has 0 spiro atoms. The molecule has 3 aromatic rings. The van der Waals surface area contributed by atoms with Gasteiger partial charge in [-0.15, -0.1) is 11.3 Å². The first-order chi connectivity index (χ1) is 11.6. The van der Waals surface area contributed by atoms with Crippen molar-refractivity contribution >= 4 is 39.7 Å². The van der Waals surface area contributed by atoms with E-state index in [1.54, 1.807) is 29.6 Å². The van der Waals surface area contributed by atoms with E-state index in [0.29, 0.717) is 27.3 Å². The summed E-state index contributed by atoms with van der Waals surface area (Å²) in [6.07, 6.45) is -0.0773. The maximum atomic E-state index is 10.7. The van der Waals surface area contributed by atoms with Gasteiger partial charge in [-0.2, -0.15) is 0 Å². The average molecular weight is 361 g/mol. The molecule has 0 saturated carbocycles. The van der Waals surface area contributed by atoms with Crippen LogP contribution < -0.4 is 10.1 Å². The van der Waals surface area contributed by atoms with Crippen molar-refractivity contribution in [2.45, 2.75) is 6.42 Å². The summed E-state index contributed by atoms with van der Waals surface area (Å²) in [5, 5.41) is 14.9. The molecule has 0 amide bonds. The third-order valence-electron chi connectivity index (χ3n) is 3.04. The molecular formula is C17H13ClN2O3S. The average Bonchev–Trinajstić information content (AvgIpc) is 2.98. The van der Waals surface area contributed by atoms with E-state index in [-0.39, 0.29) is 6.42 Å². The fraction of sp³-hybridized carbons (Fsp3) is 0.0588. The molecule has 0 saturated heterocycles. The first-order valence-corrected chi connectivity index (χ1v) is 8.31. The quantitative estimate of drug-likeness (QED) is 0.650. The lowest BCUT2D eigenvalue weighted by atomic mass is 10.3. The van der Waals surface area contributed by atoms with E-state index in [1.807, 2.05) is 24.3 Å². The monoisotopic (exact) mass is 360 g/mol. The number of thiazole rings is 1. The van der Waals surface area contributed by atoms with Gasteiger partial charge in [0.05, 0.1) is 12.1 Å². The Morgan fingerprint density at radius 3 is 2.38 bits per heavy atom. The number of aliphatic carboxylic acids is 1. The first kappa shape index (κ1) is 16.3. The minimum Gasteiger partial charge on any atom is -0.481 e. The van der Waals surface area contributed by atoms with Gasteiger partial charge in [0.15, 0.2) is 5.13 Å². The topological polar surface area (TPSA) is 71.5 Å². The summed E-state index contributed by atoms with van der Waals surface area (Å²) < 4.78 is 5.72. The number of nitrogens with one attached hydrogen (secondary N) is 1. The van der Waals surface area contributed by atoms with Gasteiger partial charge in [0.25, 0.3) is 0 Å². The van der Waals surface area contributed by atoms with Crippen molar-refractivity contribution in [2.24, 2.45) is 0 Å². The lowest BCUT2D eigenvalue weighted by Gasteiger charge is -2.07. The summed E-state index contributed by atoms with van der Waals surface area (Å²) in [7, 11) is 0. The second-order valence-electron chi connectivity index (χ2n) is 4.92. The standard InChI is InChI=1S/C17H13ClN2O3S/c18-11-1-5-14(6-2-11)23-15-7-3-12(4-8-15)19-17-20-13(10-24-17)9-16(21)22/h1-8,10H,9H2,(H,19,20)(H,21,22). The summed E-state index contributed by atoms with van der Waals surface area (Å²) in [4.78, 5) is 14.9. The van der Waals surface area contributed by atoms with Gasteiger partial charge in [0, 0.05) is 16.1 Å². The van der Waals surface area contributed by atoms with Gasteiger partial charge in [-0.3, -0.25) is 4.79 Å². The van der Waals surface area contributed by atoms with Gasteiger partial charge in [-0.1, -0.05) is 11.6 Å². The third kappa shape index (κ3) is 4.47. The summed E-state index contributed by atoms with van der Waals surface area (Å²) in [6, 6.07) is 14.5. The lowest BCUT2D eigenvalue weighted by molar-refractivity contribution is -0.136.